The Bertz CT molecular complexity index is 1050. The maximum absolute atomic E-state index is 9.57. The minimum Gasteiger partial charge on any atom is -0.400 e. The lowest BCUT2D eigenvalue weighted by molar-refractivity contribution is -0.108. The molecule has 190 valence electrons. The molecule has 2 saturated carbocycles. The number of carbonyl (C=O) groups is 1. The van der Waals surface area contributed by atoms with E-state index in [1.165, 1.54) is 18.4 Å². The van der Waals surface area contributed by atoms with Crippen molar-refractivity contribution in [3.63, 3.8) is 0 Å². The van der Waals surface area contributed by atoms with E-state index in [0.29, 0.717) is 31.9 Å². The number of halogens is 2. The Morgan fingerprint density at radius 1 is 1.17 bits per heavy atom. The van der Waals surface area contributed by atoms with Crippen LogP contribution in [0.5, 0.6) is 0 Å². The first-order valence-corrected chi connectivity index (χ1v) is 12.0. The number of hydrogen-bond donors (Lipinski definition) is 3. The first kappa shape index (κ1) is 28.3. The highest BCUT2D eigenvalue weighted by atomic mass is 35.5. The number of nitrogens with zero attached hydrogens (tertiary/aromatic N) is 3. The van der Waals surface area contributed by atoms with Gasteiger partial charge in [0.15, 0.2) is 0 Å². The highest BCUT2D eigenvalue weighted by molar-refractivity contribution is 6.30. The summed E-state index contributed by atoms with van der Waals surface area (Å²) >= 11 is 5.54. The fraction of sp³-hybridized carbons (Fsp3) is 0.385. The average molecular weight is 503 g/mol. The monoisotopic (exact) mass is 502 g/mol. The second-order valence-electron chi connectivity index (χ2n) is 8.41. The molecule has 0 radical (unpaired) electrons. The number of aromatic nitrogens is 2. The summed E-state index contributed by atoms with van der Waals surface area (Å²) in [7, 11) is 2.35. The summed E-state index contributed by atoms with van der Waals surface area (Å²) in [5, 5.41) is 5.35. The van der Waals surface area contributed by atoms with Gasteiger partial charge >= 0.3 is 0 Å². The standard InChI is InChI=1S/C15H22N6.C6H5Cl.C4H6O.CH3F/c1-18-6-13(16)8-21(17)10-14-9-20-7-12(11-2-3-11)4-5-15(20)19-14;7-6-4-2-1-3-5-6;5-3-4-1-2-4;1-2/h4-5,7-9,11,18H,2-3,6,10,16-17H2,1H3;1-5H;3-4H,1-2H2;1H3/b13-8-;;;. The summed E-state index contributed by atoms with van der Waals surface area (Å²) < 4.78 is 11.6. The fourth-order valence-corrected chi connectivity index (χ4v) is 3.28. The van der Waals surface area contributed by atoms with Crippen molar-refractivity contribution in [2.75, 3.05) is 20.8 Å². The zero-order chi connectivity index (χ0) is 25.6. The predicted octanol–water partition coefficient (Wildman–Crippen LogP) is 4.43. The number of benzene rings is 1. The van der Waals surface area contributed by atoms with Gasteiger partial charge in [-0.1, -0.05) is 35.9 Å². The quantitative estimate of drug-likeness (QED) is 0.251. The first-order chi connectivity index (χ1) is 17.0. The molecule has 0 amide bonds. The Hall–Kier alpha value is -2.94. The zero-order valence-electron chi connectivity index (χ0n) is 20.4. The minimum atomic E-state index is 0.454. The number of pyridine rings is 1. The van der Waals surface area contributed by atoms with Crippen LogP contribution in [0.4, 0.5) is 4.39 Å². The fourth-order valence-electron chi connectivity index (χ4n) is 3.14. The van der Waals surface area contributed by atoms with Gasteiger partial charge in [-0.05, 0) is 62.4 Å². The maximum Gasteiger partial charge on any atom is 0.137 e. The zero-order valence-corrected chi connectivity index (χ0v) is 21.2. The molecule has 2 heterocycles. The average Bonchev–Trinajstić information content (AvgIpc) is 3.78. The van der Waals surface area contributed by atoms with Crippen molar-refractivity contribution in [1.82, 2.24) is 19.7 Å². The highest BCUT2D eigenvalue weighted by Gasteiger charge is 2.23. The topological polar surface area (TPSA) is 102 Å². The summed E-state index contributed by atoms with van der Waals surface area (Å²) in [4.78, 5) is 14.1. The van der Waals surface area contributed by atoms with E-state index in [4.69, 9.17) is 23.2 Å². The molecule has 0 bridgehead atoms. The lowest BCUT2D eigenvalue weighted by Crippen LogP contribution is -2.28. The molecule has 0 atom stereocenters. The second-order valence-corrected chi connectivity index (χ2v) is 8.85. The minimum absolute atomic E-state index is 0.454. The molecule has 2 fully saturated rings. The van der Waals surface area contributed by atoms with Gasteiger partial charge in [-0.25, -0.2) is 10.8 Å². The summed E-state index contributed by atoms with van der Waals surface area (Å²) in [6.45, 7) is 1.15. The molecule has 35 heavy (non-hydrogen) atoms. The Morgan fingerprint density at radius 2 is 1.86 bits per heavy atom. The molecule has 7 nitrogen and oxygen atoms in total. The predicted molar refractivity (Wildman–Crippen MR) is 140 cm³/mol. The van der Waals surface area contributed by atoms with E-state index in [9.17, 15) is 9.18 Å². The summed E-state index contributed by atoms with van der Waals surface area (Å²) in [6, 6.07) is 13.7. The molecule has 0 saturated heterocycles. The van der Waals surface area contributed by atoms with Crippen molar-refractivity contribution in [2.45, 2.75) is 38.1 Å². The molecule has 5 rings (SSSR count). The molecule has 2 aromatic heterocycles. The number of likely N-dealkylation sites (N-methyl/N-ethyl adjacent to an activating group) is 1. The Morgan fingerprint density at radius 3 is 2.34 bits per heavy atom. The lowest BCUT2D eigenvalue weighted by Gasteiger charge is -2.13. The summed E-state index contributed by atoms with van der Waals surface area (Å²) in [5.74, 6) is 7.15. The summed E-state index contributed by atoms with van der Waals surface area (Å²) in [5.41, 5.74) is 9.80. The molecule has 0 spiro atoms. The number of alkyl halides is 1. The Labute approximate surface area is 211 Å². The number of hydrogen-bond acceptors (Lipinski definition) is 6. The Kier molecular flexibility index (Phi) is 12.2. The van der Waals surface area contributed by atoms with Crippen molar-refractivity contribution < 1.29 is 9.18 Å². The first-order valence-electron chi connectivity index (χ1n) is 11.6. The lowest BCUT2D eigenvalue weighted by atomic mass is 10.2. The normalized spacial score (nSPS) is 14.5. The number of carbonyl (C=O) groups excluding carboxylic acids is 1. The van der Waals surface area contributed by atoms with E-state index in [2.05, 4.69) is 33.0 Å². The van der Waals surface area contributed by atoms with Gasteiger partial charge in [0, 0.05) is 41.8 Å². The van der Waals surface area contributed by atoms with Gasteiger partial charge in [-0.2, -0.15) is 0 Å². The van der Waals surface area contributed by atoms with E-state index in [0.717, 1.165) is 41.4 Å². The number of nitrogens with two attached hydrogens (primary N) is 2. The van der Waals surface area contributed by atoms with Crippen molar-refractivity contribution in [2.24, 2.45) is 17.5 Å². The van der Waals surface area contributed by atoms with Gasteiger partial charge < -0.3 is 25.3 Å². The van der Waals surface area contributed by atoms with Crippen LogP contribution < -0.4 is 16.9 Å². The number of aldehydes is 1. The van der Waals surface area contributed by atoms with Gasteiger partial charge in [0.1, 0.15) is 11.9 Å². The largest absolute Gasteiger partial charge is 0.400 e. The van der Waals surface area contributed by atoms with E-state index in [1.807, 2.05) is 43.6 Å². The smallest absolute Gasteiger partial charge is 0.137 e. The van der Waals surface area contributed by atoms with Crippen LogP contribution >= 0.6 is 11.6 Å². The molecule has 5 N–H and O–H groups in total. The molecule has 3 aromatic rings. The highest BCUT2D eigenvalue weighted by Crippen LogP contribution is 2.39. The van der Waals surface area contributed by atoms with E-state index in [1.54, 1.807) is 11.2 Å². The molecule has 0 unspecified atom stereocenters. The van der Waals surface area contributed by atoms with Crippen LogP contribution in [-0.2, 0) is 11.3 Å². The van der Waals surface area contributed by atoms with Gasteiger partial charge in [-0.15, -0.1) is 0 Å². The number of hydrazine groups is 1. The van der Waals surface area contributed by atoms with Crippen LogP contribution in [0.15, 0.2) is 66.8 Å². The van der Waals surface area contributed by atoms with Gasteiger partial charge in [-0.3, -0.25) is 4.39 Å². The third-order valence-corrected chi connectivity index (χ3v) is 5.43. The van der Waals surface area contributed by atoms with Crippen LogP contribution in [0.25, 0.3) is 5.65 Å². The van der Waals surface area contributed by atoms with Crippen LogP contribution in [0, 0.1) is 5.92 Å². The van der Waals surface area contributed by atoms with Gasteiger partial charge in [0.25, 0.3) is 0 Å². The van der Waals surface area contributed by atoms with Crippen molar-refractivity contribution in [3.05, 3.63) is 83.0 Å². The number of imidazole rings is 1. The SMILES string of the molecule is CF.CNC/C(N)=C/N(N)Cc1cn2cc(C3CC3)ccc2n1.Clc1ccccc1.O=CC1CC1. The molecule has 0 aliphatic heterocycles. The van der Waals surface area contributed by atoms with E-state index in [-0.39, 0.29) is 0 Å². The molecule has 9 heteroatoms. The van der Waals surface area contributed by atoms with Crippen LogP contribution in [-0.4, -0.2) is 41.4 Å². The molecule has 2 aliphatic rings. The van der Waals surface area contributed by atoms with Gasteiger partial charge in [0.05, 0.1) is 19.4 Å². The maximum atomic E-state index is 9.57. The molecular formula is C26H36ClFN6O. The number of nitrogens with one attached hydrogen (secondary N) is 1. The van der Waals surface area contributed by atoms with Crippen molar-refractivity contribution in [3.8, 4) is 0 Å². The van der Waals surface area contributed by atoms with Crippen LogP contribution in [0.1, 0.15) is 42.9 Å². The number of fused-ring (bicyclic) bond motifs is 1. The van der Waals surface area contributed by atoms with Crippen LogP contribution in [0.2, 0.25) is 5.02 Å². The van der Waals surface area contributed by atoms with Crippen molar-refractivity contribution in [1.29, 1.82) is 0 Å². The van der Waals surface area contributed by atoms with E-state index >= 15 is 0 Å². The molecule has 1 aromatic carbocycles. The summed E-state index contributed by atoms with van der Waals surface area (Å²) in [6.07, 6.45) is 11.9. The van der Waals surface area contributed by atoms with Crippen LogP contribution in [0.3, 0.4) is 0 Å². The molecular weight excluding hydrogens is 467 g/mol. The number of rotatable bonds is 7. The third kappa shape index (κ3) is 10.9. The third-order valence-electron chi connectivity index (χ3n) is 5.18. The van der Waals surface area contributed by atoms with Crippen molar-refractivity contribution >= 4 is 23.5 Å². The molecule has 2 aliphatic carbocycles. The van der Waals surface area contributed by atoms with E-state index < -0.39 is 0 Å². The Balaban J connectivity index is 0.000000251. The second kappa shape index (κ2) is 15.1. The van der Waals surface area contributed by atoms with Gasteiger partial charge in [0.2, 0.25) is 0 Å².